The minimum Gasteiger partial charge on any atom is -0.360 e. The van der Waals surface area contributed by atoms with Gasteiger partial charge in [0.2, 0.25) is 0 Å². The Morgan fingerprint density at radius 3 is 2.89 bits per heavy atom. The zero-order chi connectivity index (χ0) is 12.4. The quantitative estimate of drug-likeness (QED) is 0.899. The lowest BCUT2D eigenvalue weighted by atomic mass is 9.99. The summed E-state index contributed by atoms with van der Waals surface area (Å²) in [4.78, 5) is 0. The molecule has 1 aliphatic heterocycles. The van der Waals surface area contributed by atoms with E-state index in [1.165, 1.54) is 12.0 Å². The first-order chi connectivity index (χ1) is 8.84. The van der Waals surface area contributed by atoms with Gasteiger partial charge < -0.3 is 9.84 Å². The molecule has 0 saturated carbocycles. The summed E-state index contributed by atoms with van der Waals surface area (Å²) < 4.78 is 5.53. The molecule has 1 aromatic heterocycles. The number of benzene rings is 1. The third-order valence-corrected chi connectivity index (χ3v) is 3.70. The van der Waals surface area contributed by atoms with Crippen LogP contribution in [0.25, 0.3) is 11.3 Å². The molecule has 1 atom stereocenters. The Bertz CT molecular complexity index is 513. The third kappa shape index (κ3) is 2.18. The van der Waals surface area contributed by atoms with Crippen molar-refractivity contribution in [3.8, 4) is 11.3 Å². The smallest absolute Gasteiger partial charge is 0.140 e. The van der Waals surface area contributed by atoms with Gasteiger partial charge in [0.05, 0.1) is 0 Å². The molecule has 3 heteroatoms. The topological polar surface area (TPSA) is 38.1 Å². The number of hydrogen-bond acceptors (Lipinski definition) is 3. The number of rotatable bonds is 3. The second-order valence-corrected chi connectivity index (χ2v) is 5.01. The maximum atomic E-state index is 5.53. The molecule has 0 aliphatic carbocycles. The van der Waals surface area contributed by atoms with Gasteiger partial charge in [0, 0.05) is 17.5 Å². The normalized spacial score (nSPS) is 19.3. The fourth-order valence-electron chi connectivity index (χ4n) is 2.58. The monoisotopic (exact) mass is 242 g/mol. The van der Waals surface area contributed by atoms with E-state index in [4.69, 9.17) is 4.52 Å². The van der Waals surface area contributed by atoms with Crippen LogP contribution in [0.4, 0.5) is 0 Å². The molecule has 1 unspecified atom stereocenters. The van der Waals surface area contributed by atoms with Crippen molar-refractivity contribution < 1.29 is 4.52 Å². The Labute approximate surface area is 107 Å². The van der Waals surface area contributed by atoms with Gasteiger partial charge in [0.1, 0.15) is 11.5 Å². The Kier molecular flexibility index (Phi) is 3.15. The molecule has 2 heterocycles. The summed E-state index contributed by atoms with van der Waals surface area (Å²) in [5, 5.41) is 7.62. The molecule has 18 heavy (non-hydrogen) atoms. The molecule has 2 aromatic rings. The predicted octanol–water partition coefficient (Wildman–Crippen LogP) is 2.80. The third-order valence-electron chi connectivity index (χ3n) is 3.70. The second kappa shape index (κ2) is 4.94. The number of hydrogen-bond donors (Lipinski definition) is 1. The minimum absolute atomic E-state index is 0.695. The van der Waals surface area contributed by atoms with Crippen molar-refractivity contribution >= 4 is 0 Å². The Morgan fingerprint density at radius 2 is 2.17 bits per heavy atom. The van der Waals surface area contributed by atoms with Gasteiger partial charge in [-0.05, 0) is 32.4 Å². The van der Waals surface area contributed by atoms with Gasteiger partial charge in [0.15, 0.2) is 0 Å². The summed E-state index contributed by atoms with van der Waals surface area (Å²) in [6, 6.07) is 10.2. The van der Waals surface area contributed by atoms with Crippen LogP contribution in [-0.4, -0.2) is 18.2 Å². The van der Waals surface area contributed by atoms with Crippen molar-refractivity contribution in [2.24, 2.45) is 5.92 Å². The summed E-state index contributed by atoms with van der Waals surface area (Å²) in [6.07, 6.45) is 2.24. The van der Waals surface area contributed by atoms with Crippen LogP contribution in [0.5, 0.6) is 0 Å². The van der Waals surface area contributed by atoms with E-state index < -0.39 is 0 Å². The highest BCUT2D eigenvalue weighted by Crippen LogP contribution is 2.27. The standard InChI is InChI=1S/C15H18N2O/c1-11-14(9-12-7-8-16-10-12)18-17-15(11)13-5-3-2-4-6-13/h2-6,12,16H,7-10H2,1H3. The average Bonchev–Trinajstić information content (AvgIpc) is 3.03. The SMILES string of the molecule is Cc1c(-c2ccccc2)noc1CC1CCNC1. The van der Waals surface area contributed by atoms with E-state index in [-0.39, 0.29) is 0 Å². The van der Waals surface area contributed by atoms with Crippen molar-refractivity contribution in [2.45, 2.75) is 19.8 Å². The van der Waals surface area contributed by atoms with E-state index in [1.807, 2.05) is 18.2 Å². The maximum absolute atomic E-state index is 5.53. The minimum atomic E-state index is 0.695. The molecule has 1 aromatic carbocycles. The fourth-order valence-corrected chi connectivity index (χ4v) is 2.58. The molecule has 0 amide bonds. The Morgan fingerprint density at radius 1 is 1.33 bits per heavy atom. The van der Waals surface area contributed by atoms with Crippen molar-refractivity contribution in [3.05, 3.63) is 41.7 Å². The molecule has 1 saturated heterocycles. The molecule has 3 rings (SSSR count). The zero-order valence-electron chi connectivity index (χ0n) is 10.6. The molecule has 0 radical (unpaired) electrons. The first-order valence-corrected chi connectivity index (χ1v) is 6.56. The summed E-state index contributed by atoms with van der Waals surface area (Å²) in [5.74, 6) is 1.74. The summed E-state index contributed by atoms with van der Waals surface area (Å²) in [7, 11) is 0. The van der Waals surface area contributed by atoms with Crippen molar-refractivity contribution in [2.75, 3.05) is 13.1 Å². The first kappa shape index (κ1) is 11.5. The highest BCUT2D eigenvalue weighted by atomic mass is 16.5. The Balaban J connectivity index is 1.83. The van der Waals surface area contributed by atoms with Crippen LogP contribution in [0.2, 0.25) is 0 Å². The first-order valence-electron chi connectivity index (χ1n) is 6.56. The van der Waals surface area contributed by atoms with Crippen molar-refractivity contribution in [1.82, 2.24) is 10.5 Å². The summed E-state index contributed by atoms with van der Waals surface area (Å²) >= 11 is 0. The van der Waals surface area contributed by atoms with Gasteiger partial charge in [-0.1, -0.05) is 35.5 Å². The van der Waals surface area contributed by atoms with Crippen LogP contribution in [0, 0.1) is 12.8 Å². The lowest BCUT2D eigenvalue weighted by molar-refractivity contribution is 0.364. The van der Waals surface area contributed by atoms with E-state index in [2.05, 4.69) is 29.5 Å². The molecule has 94 valence electrons. The van der Waals surface area contributed by atoms with Crippen LogP contribution < -0.4 is 5.32 Å². The second-order valence-electron chi connectivity index (χ2n) is 5.01. The van der Waals surface area contributed by atoms with E-state index in [9.17, 15) is 0 Å². The van der Waals surface area contributed by atoms with E-state index in [0.717, 1.165) is 36.5 Å². The van der Waals surface area contributed by atoms with Crippen LogP contribution in [-0.2, 0) is 6.42 Å². The molecule has 3 nitrogen and oxygen atoms in total. The van der Waals surface area contributed by atoms with Crippen LogP contribution in [0.3, 0.4) is 0 Å². The number of nitrogens with one attached hydrogen (secondary N) is 1. The molecule has 1 aliphatic rings. The average molecular weight is 242 g/mol. The van der Waals surface area contributed by atoms with Crippen LogP contribution in [0.15, 0.2) is 34.9 Å². The van der Waals surface area contributed by atoms with E-state index >= 15 is 0 Å². The van der Waals surface area contributed by atoms with E-state index in [1.54, 1.807) is 0 Å². The predicted molar refractivity (Wildman–Crippen MR) is 71.4 cm³/mol. The zero-order valence-corrected chi connectivity index (χ0v) is 10.6. The van der Waals surface area contributed by atoms with Crippen molar-refractivity contribution in [1.29, 1.82) is 0 Å². The highest BCUT2D eigenvalue weighted by Gasteiger charge is 2.20. The fraction of sp³-hybridized carbons (Fsp3) is 0.400. The maximum Gasteiger partial charge on any atom is 0.140 e. The largest absolute Gasteiger partial charge is 0.360 e. The van der Waals surface area contributed by atoms with Crippen LogP contribution in [0.1, 0.15) is 17.7 Å². The molecule has 1 N–H and O–H groups in total. The number of nitrogens with zero attached hydrogens (tertiary/aromatic N) is 1. The molecular formula is C15H18N2O. The molecule has 1 fully saturated rings. The lowest BCUT2D eigenvalue weighted by Crippen LogP contribution is -2.10. The summed E-state index contributed by atoms with van der Waals surface area (Å²) in [6.45, 7) is 4.33. The van der Waals surface area contributed by atoms with Crippen molar-refractivity contribution in [3.63, 3.8) is 0 Å². The Hall–Kier alpha value is -1.61. The van der Waals surface area contributed by atoms with E-state index in [0.29, 0.717) is 5.92 Å². The lowest BCUT2D eigenvalue weighted by Gasteiger charge is -2.05. The molecule has 0 bridgehead atoms. The van der Waals surface area contributed by atoms with Gasteiger partial charge in [-0.3, -0.25) is 0 Å². The molecular weight excluding hydrogens is 224 g/mol. The van der Waals surface area contributed by atoms with Crippen LogP contribution >= 0.6 is 0 Å². The molecule has 0 spiro atoms. The summed E-state index contributed by atoms with van der Waals surface area (Å²) in [5.41, 5.74) is 3.30. The van der Waals surface area contributed by atoms with Gasteiger partial charge in [-0.25, -0.2) is 0 Å². The number of aromatic nitrogens is 1. The van der Waals surface area contributed by atoms with Gasteiger partial charge in [-0.2, -0.15) is 0 Å². The van der Waals surface area contributed by atoms with Gasteiger partial charge in [-0.15, -0.1) is 0 Å². The van der Waals surface area contributed by atoms with Gasteiger partial charge >= 0.3 is 0 Å². The highest BCUT2D eigenvalue weighted by molar-refractivity contribution is 5.62. The van der Waals surface area contributed by atoms with Gasteiger partial charge in [0.25, 0.3) is 0 Å².